The molecule has 0 spiro atoms. The molecule has 104 valence electrons. The second kappa shape index (κ2) is 5.52. The number of rotatable bonds is 4. The maximum atomic E-state index is 12.7. The monoisotopic (exact) mass is 277 g/mol. The first kappa shape index (κ1) is 13.7. The van der Waals surface area contributed by atoms with Crippen molar-refractivity contribution in [1.29, 1.82) is 0 Å². The van der Waals surface area contributed by atoms with Crippen molar-refractivity contribution in [1.82, 2.24) is 9.88 Å². The van der Waals surface area contributed by atoms with E-state index < -0.39 is 10.8 Å². The summed E-state index contributed by atoms with van der Waals surface area (Å²) < 4.78 is 14.1. The molecule has 6 nitrogen and oxygen atoms in total. The molecule has 0 saturated heterocycles. The van der Waals surface area contributed by atoms with Gasteiger partial charge in [-0.25, -0.2) is 4.39 Å². The zero-order valence-electron chi connectivity index (χ0n) is 10.7. The van der Waals surface area contributed by atoms with Crippen LogP contribution in [-0.2, 0) is 13.6 Å². The van der Waals surface area contributed by atoms with E-state index in [0.717, 1.165) is 5.56 Å². The SMILES string of the molecule is Cn1cc([N+](=O)[O-])cc1C(=O)NCc1ccc(F)cc1. The standard InChI is InChI=1S/C13H12FN3O3/c1-16-8-11(17(19)20)6-12(16)13(18)15-7-9-2-4-10(14)5-3-9/h2-6,8H,7H2,1H3,(H,15,18). The fraction of sp³-hybridized carbons (Fsp3) is 0.154. The lowest BCUT2D eigenvalue weighted by Gasteiger charge is -2.05. The summed E-state index contributed by atoms with van der Waals surface area (Å²) in [6.45, 7) is 0.220. The highest BCUT2D eigenvalue weighted by Gasteiger charge is 2.17. The average molecular weight is 277 g/mol. The van der Waals surface area contributed by atoms with Gasteiger partial charge in [-0.1, -0.05) is 12.1 Å². The van der Waals surface area contributed by atoms with E-state index in [1.807, 2.05) is 0 Å². The first-order valence-corrected chi connectivity index (χ1v) is 5.81. The summed E-state index contributed by atoms with van der Waals surface area (Å²) in [6, 6.07) is 6.93. The number of amides is 1. The quantitative estimate of drug-likeness (QED) is 0.686. The minimum absolute atomic E-state index is 0.139. The molecule has 1 heterocycles. The summed E-state index contributed by atoms with van der Waals surface area (Å²) in [5.74, 6) is -0.775. The van der Waals surface area contributed by atoms with Crippen LogP contribution in [0.4, 0.5) is 10.1 Å². The predicted molar refractivity (Wildman–Crippen MR) is 69.6 cm³/mol. The van der Waals surface area contributed by atoms with Crippen LogP contribution in [0.1, 0.15) is 16.1 Å². The minimum atomic E-state index is -0.559. The average Bonchev–Trinajstić information content (AvgIpc) is 2.80. The number of carbonyl (C=O) groups excluding carboxylic acids is 1. The van der Waals surface area contributed by atoms with Crippen LogP contribution >= 0.6 is 0 Å². The molecule has 2 aromatic rings. The number of hydrogen-bond acceptors (Lipinski definition) is 3. The summed E-state index contributed by atoms with van der Waals surface area (Å²) in [5, 5.41) is 13.2. The highest BCUT2D eigenvalue weighted by Crippen LogP contribution is 2.15. The lowest BCUT2D eigenvalue weighted by Crippen LogP contribution is -2.24. The minimum Gasteiger partial charge on any atom is -0.347 e. The first-order chi connectivity index (χ1) is 9.47. The van der Waals surface area contributed by atoms with E-state index in [4.69, 9.17) is 0 Å². The number of hydrogen-bond donors (Lipinski definition) is 1. The molecule has 1 aromatic heterocycles. The van der Waals surface area contributed by atoms with Crippen molar-refractivity contribution in [3.05, 3.63) is 63.7 Å². The molecule has 0 saturated carbocycles. The van der Waals surface area contributed by atoms with E-state index in [0.29, 0.717) is 0 Å². The van der Waals surface area contributed by atoms with Gasteiger partial charge in [0.05, 0.1) is 11.1 Å². The molecule has 1 amide bonds. The van der Waals surface area contributed by atoms with Gasteiger partial charge in [-0.05, 0) is 17.7 Å². The summed E-state index contributed by atoms with van der Waals surface area (Å²) in [4.78, 5) is 22.0. The van der Waals surface area contributed by atoms with E-state index in [1.165, 1.54) is 29.0 Å². The summed E-state index contributed by atoms with van der Waals surface area (Å²) in [7, 11) is 1.56. The van der Waals surface area contributed by atoms with Crippen LogP contribution in [0.5, 0.6) is 0 Å². The Morgan fingerprint density at radius 1 is 1.40 bits per heavy atom. The molecule has 0 unspecified atom stereocenters. The van der Waals surface area contributed by atoms with Crippen LogP contribution in [-0.4, -0.2) is 15.4 Å². The van der Waals surface area contributed by atoms with Gasteiger partial charge in [0.25, 0.3) is 11.6 Å². The molecular weight excluding hydrogens is 265 g/mol. The third-order valence-corrected chi connectivity index (χ3v) is 2.80. The van der Waals surface area contributed by atoms with E-state index in [9.17, 15) is 19.3 Å². The molecule has 0 aliphatic rings. The van der Waals surface area contributed by atoms with Gasteiger partial charge >= 0.3 is 0 Å². The van der Waals surface area contributed by atoms with Crippen molar-refractivity contribution >= 4 is 11.6 Å². The smallest absolute Gasteiger partial charge is 0.287 e. The lowest BCUT2D eigenvalue weighted by atomic mass is 10.2. The summed E-state index contributed by atoms with van der Waals surface area (Å²) in [5.41, 5.74) is 0.793. The van der Waals surface area contributed by atoms with Crippen LogP contribution in [0.3, 0.4) is 0 Å². The van der Waals surface area contributed by atoms with Crippen molar-refractivity contribution < 1.29 is 14.1 Å². The number of benzene rings is 1. The van der Waals surface area contributed by atoms with Gasteiger partial charge in [0.15, 0.2) is 0 Å². The Morgan fingerprint density at radius 2 is 2.05 bits per heavy atom. The number of nitro groups is 1. The molecule has 0 bridgehead atoms. The Kier molecular flexibility index (Phi) is 3.79. The van der Waals surface area contributed by atoms with E-state index in [2.05, 4.69) is 5.32 Å². The normalized spacial score (nSPS) is 10.3. The lowest BCUT2D eigenvalue weighted by molar-refractivity contribution is -0.384. The van der Waals surface area contributed by atoms with Crippen molar-refractivity contribution in [2.45, 2.75) is 6.54 Å². The Hall–Kier alpha value is -2.70. The van der Waals surface area contributed by atoms with E-state index >= 15 is 0 Å². The van der Waals surface area contributed by atoms with Gasteiger partial charge in [-0.3, -0.25) is 14.9 Å². The van der Waals surface area contributed by atoms with Crippen molar-refractivity contribution in [3.8, 4) is 0 Å². The molecule has 20 heavy (non-hydrogen) atoms. The largest absolute Gasteiger partial charge is 0.347 e. The van der Waals surface area contributed by atoms with Gasteiger partial charge in [0, 0.05) is 19.7 Å². The Balaban J connectivity index is 2.05. The maximum absolute atomic E-state index is 12.7. The highest BCUT2D eigenvalue weighted by molar-refractivity contribution is 5.93. The van der Waals surface area contributed by atoms with Crippen molar-refractivity contribution in [3.63, 3.8) is 0 Å². The van der Waals surface area contributed by atoms with Crippen LogP contribution in [0.15, 0.2) is 36.5 Å². The molecule has 0 atom stereocenters. The molecule has 0 fully saturated rings. The Morgan fingerprint density at radius 3 is 2.60 bits per heavy atom. The Labute approximate surface area is 114 Å². The first-order valence-electron chi connectivity index (χ1n) is 5.81. The molecule has 0 aliphatic carbocycles. The maximum Gasteiger partial charge on any atom is 0.287 e. The second-order valence-corrected chi connectivity index (χ2v) is 4.26. The van der Waals surface area contributed by atoms with Crippen LogP contribution in [0, 0.1) is 15.9 Å². The van der Waals surface area contributed by atoms with Crippen LogP contribution < -0.4 is 5.32 Å². The molecular formula is C13H12FN3O3. The van der Waals surface area contributed by atoms with Crippen LogP contribution in [0.2, 0.25) is 0 Å². The van der Waals surface area contributed by atoms with Crippen LogP contribution in [0.25, 0.3) is 0 Å². The Bertz CT molecular complexity index is 649. The molecule has 7 heteroatoms. The predicted octanol–water partition coefficient (Wildman–Crippen LogP) is 2.00. The van der Waals surface area contributed by atoms with E-state index in [1.54, 1.807) is 19.2 Å². The zero-order valence-corrected chi connectivity index (χ0v) is 10.7. The third-order valence-electron chi connectivity index (χ3n) is 2.80. The fourth-order valence-electron chi connectivity index (χ4n) is 1.75. The molecule has 0 aliphatic heterocycles. The second-order valence-electron chi connectivity index (χ2n) is 4.26. The third kappa shape index (κ3) is 3.00. The van der Waals surface area contributed by atoms with Crippen molar-refractivity contribution in [2.75, 3.05) is 0 Å². The molecule has 1 aromatic carbocycles. The highest BCUT2D eigenvalue weighted by atomic mass is 19.1. The zero-order chi connectivity index (χ0) is 14.7. The summed E-state index contributed by atoms with van der Waals surface area (Å²) >= 11 is 0. The van der Waals surface area contributed by atoms with Gasteiger partial charge in [0.1, 0.15) is 11.5 Å². The van der Waals surface area contributed by atoms with Gasteiger partial charge in [-0.2, -0.15) is 0 Å². The van der Waals surface area contributed by atoms with Gasteiger partial charge < -0.3 is 9.88 Å². The number of aryl methyl sites for hydroxylation is 1. The number of halogens is 1. The number of nitrogens with zero attached hydrogens (tertiary/aromatic N) is 2. The topological polar surface area (TPSA) is 77.2 Å². The van der Waals surface area contributed by atoms with Gasteiger partial charge in [-0.15, -0.1) is 0 Å². The molecule has 2 rings (SSSR count). The number of nitrogens with one attached hydrogen (secondary N) is 1. The number of aromatic nitrogens is 1. The molecule has 1 N–H and O–H groups in total. The fourth-order valence-corrected chi connectivity index (χ4v) is 1.75. The summed E-state index contributed by atoms with van der Waals surface area (Å²) in [6.07, 6.45) is 1.27. The number of carbonyl (C=O) groups is 1. The van der Waals surface area contributed by atoms with Gasteiger partial charge in [0.2, 0.25) is 0 Å². The molecule has 0 radical (unpaired) electrons. The van der Waals surface area contributed by atoms with E-state index in [-0.39, 0.29) is 23.7 Å². The van der Waals surface area contributed by atoms with Crippen molar-refractivity contribution in [2.24, 2.45) is 7.05 Å².